The fourth-order valence-electron chi connectivity index (χ4n) is 1.60. The van der Waals surface area contributed by atoms with E-state index in [-0.39, 0.29) is 6.61 Å². The van der Waals surface area contributed by atoms with E-state index in [4.69, 9.17) is 18.3 Å². The minimum absolute atomic E-state index is 0.00793. The number of hydrogen-bond acceptors (Lipinski definition) is 6. The molecule has 0 N–H and O–H groups in total. The number of ether oxygens (including phenoxy) is 1. The van der Waals surface area contributed by atoms with Gasteiger partial charge in [0, 0.05) is 6.92 Å². The smallest absolute Gasteiger partial charge is 0.462 e. The van der Waals surface area contributed by atoms with Gasteiger partial charge in [0.05, 0.1) is 6.26 Å². The quantitative estimate of drug-likeness (QED) is 0.401. The van der Waals surface area contributed by atoms with Gasteiger partial charge in [0.1, 0.15) is 18.1 Å². The monoisotopic (exact) mass is 348 g/mol. The van der Waals surface area contributed by atoms with Gasteiger partial charge in [0.2, 0.25) is 0 Å². The van der Waals surface area contributed by atoms with E-state index in [0.717, 1.165) is 6.26 Å². The molecule has 0 fully saturated rings. The van der Waals surface area contributed by atoms with Crippen molar-refractivity contribution in [2.24, 2.45) is 0 Å². The molecular formula is C17H17O6P. The van der Waals surface area contributed by atoms with Crippen molar-refractivity contribution < 1.29 is 27.7 Å². The maximum atomic E-state index is 12.8. The lowest BCUT2D eigenvalue weighted by molar-refractivity contribution is -0.139. The summed E-state index contributed by atoms with van der Waals surface area (Å²) in [5.41, 5.74) is 0. The maximum absolute atomic E-state index is 12.8. The Hall–Kier alpha value is -2.72. The second-order valence-electron chi connectivity index (χ2n) is 4.54. The number of carbonyl (C=O) groups is 1. The zero-order valence-electron chi connectivity index (χ0n) is 13.0. The van der Waals surface area contributed by atoms with E-state index in [1.807, 2.05) is 0 Å². The molecule has 2 rings (SSSR count). The van der Waals surface area contributed by atoms with Crippen LogP contribution >= 0.6 is 7.82 Å². The third-order valence-electron chi connectivity index (χ3n) is 2.59. The number of carbonyl (C=O) groups excluding carboxylic acids is 1. The summed E-state index contributed by atoms with van der Waals surface area (Å²) < 4.78 is 33.5. The second kappa shape index (κ2) is 8.79. The van der Waals surface area contributed by atoms with Crippen molar-refractivity contribution in [3.8, 4) is 11.5 Å². The van der Waals surface area contributed by atoms with Gasteiger partial charge in [-0.2, -0.15) is 4.57 Å². The van der Waals surface area contributed by atoms with Crippen molar-refractivity contribution >= 4 is 13.8 Å². The Morgan fingerprint density at radius 2 is 1.46 bits per heavy atom. The minimum atomic E-state index is -3.95. The third kappa shape index (κ3) is 6.18. The molecule has 2 aromatic carbocycles. The highest BCUT2D eigenvalue weighted by atomic mass is 31.2. The van der Waals surface area contributed by atoms with E-state index in [2.05, 4.69) is 0 Å². The average molecular weight is 348 g/mol. The van der Waals surface area contributed by atoms with Crippen LogP contribution in [-0.4, -0.2) is 12.6 Å². The Balaban J connectivity index is 2.08. The molecule has 126 valence electrons. The van der Waals surface area contributed by atoms with Crippen LogP contribution < -0.4 is 9.05 Å². The van der Waals surface area contributed by atoms with Crippen molar-refractivity contribution in [1.29, 1.82) is 0 Å². The fourth-order valence-corrected chi connectivity index (χ4v) is 2.72. The van der Waals surface area contributed by atoms with E-state index in [1.54, 1.807) is 60.7 Å². The molecule has 0 atom stereocenters. The first-order valence-electron chi connectivity index (χ1n) is 7.13. The molecule has 2 aromatic rings. The van der Waals surface area contributed by atoms with Gasteiger partial charge in [-0.25, -0.2) is 0 Å². The number of benzene rings is 2. The molecule has 0 radical (unpaired) electrons. The van der Waals surface area contributed by atoms with Crippen molar-refractivity contribution in [2.75, 3.05) is 6.61 Å². The third-order valence-corrected chi connectivity index (χ3v) is 3.84. The van der Waals surface area contributed by atoms with Crippen LogP contribution in [0.2, 0.25) is 0 Å². The van der Waals surface area contributed by atoms with Gasteiger partial charge in [-0.15, -0.1) is 0 Å². The predicted octanol–water partition coefficient (Wildman–Crippen LogP) is 4.35. The Bertz CT molecular complexity index is 669. The molecule has 0 spiro atoms. The molecule has 0 saturated carbocycles. The Morgan fingerprint density at radius 3 is 1.92 bits per heavy atom. The molecule has 0 unspecified atom stereocenters. The lowest BCUT2D eigenvalue weighted by Crippen LogP contribution is -2.03. The van der Waals surface area contributed by atoms with Crippen LogP contribution in [0.5, 0.6) is 11.5 Å². The van der Waals surface area contributed by atoms with E-state index in [1.165, 1.54) is 13.0 Å². The van der Waals surface area contributed by atoms with Crippen molar-refractivity contribution in [3.05, 3.63) is 73.0 Å². The van der Waals surface area contributed by atoms with E-state index in [9.17, 15) is 9.36 Å². The molecule has 6 nitrogen and oxygen atoms in total. The van der Waals surface area contributed by atoms with Crippen molar-refractivity contribution in [3.63, 3.8) is 0 Å². The van der Waals surface area contributed by atoms with Crippen molar-refractivity contribution in [1.82, 2.24) is 0 Å². The highest BCUT2D eigenvalue weighted by Crippen LogP contribution is 2.49. The Labute approximate surface area is 140 Å². The lowest BCUT2D eigenvalue weighted by atomic mass is 10.3. The van der Waals surface area contributed by atoms with E-state index >= 15 is 0 Å². The first-order chi connectivity index (χ1) is 11.6. The number of phosphoric acid groups is 1. The van der Waals surface area contributed by atoms with Crippen LogP contribution in [-0.2, 0) is 18.6 Å². The van der Waals surface area contributed by atoms with Gasteiger partial charge in [0.25, 0.3) is 0 Å². The summed E-state index contributed by atoms with van der Waals surface area (Å²) in [5.74, 6) is 0.249. The summed E-state index contributed by atoms with van der Waals surface area (Å²) in [5, 5.41) is 0. The van der Waals surface area contributed by atoms with Gasteiger partial charge >= 0.3 is 13.8 Å². The first-order valence-corrected chi connectivity index (χ1v) is 8.59. The maximum Gasteiger partial charge on any atom is 0.646 e. The predicted molar refractivity (Wildman–Crippen MR) is 88.6 cm³/mol. The molecule has 7 heteroatoms. The summed E-state index contributed by atoms with van der Waals surface area (Å²) >= 11 is 0. The standard InChI is InChI=1S/C17H17O6P/c1-15(18)20-13-8-14-21-24(19,22-16-9-4-2-5-10-16)23-17-11-6-3-7-12-17/h2-12,14H,13H2,1H3/b14-8+. The number of rotatable bonds is 8. The van der Waals surface area contributed by atoms with Gasteiger partial charge < -0.3 is 18.3 Å². The van der Waals surface area contributed by atoms with Gasteiger partial charge in [-0.3, -0.25) is 4.79 Å². The normalized spacial score (nSPS) is 11.0. The summed E-state index contributed by atoms with van der Waals surface area (Å²) in [6.07, 6.45) is 2.51. The molecule has 0 amide bonds. The highest BCUT2D eigenvalue weighted by Gasteiger charge is 2.31. The van der Waals surface area contributed by atoms with Gasteiger partial charge in [0.15, 0.2) is 0 Å². The summed E-state index contributed by atoms with van der Waals surface area (Å²) in [6.45, 7) is 1.28. The fraction of sp³-hybridized carbons (Fsp3) is 0.118. The van der Waals surface area contributed by atoms with E-state index in [0.29, 0.717) is 11.5 Å². The molecule has 0 aliphatic rings. The molecular weight excluding hydrogens is 331 g/mol. The molecule has 24 heavy (non-hydrogen) atoms. The summed E-state index contributed by atoms with van der Waals surface area (Å²) in [7, 11) is -3.95. The molecule has 0 aromatic heterocycles. The molecule has 0 aliphatic carbocycles. The molecule has 0 saturated heterocycles. The molecule has 0 aliphatic heterocycles. The van der Waals surface area contributed by atoms with Gasteiger partial charge in [-0.1, -0.05) is 36.4 Å². The SMILES string of the molecule is CC(=O)OC/C=C/OP(=O)(Oc1ccccc1)Oc1ccccc1. The zero-order valence-corrected chi connectivity index (χ0v) is 13.9. The summed E-state index contributed by atoms with van der Waals surface area (Å²) in [6, 6.07) is 17.1. The second-order valence-corrected chi connectivity index (χ2v) is 6.01. The Kier molecular flexibility index (Phi) is 6.46. The number of para-hydroxylation sites is 2. The zero-order chi connectivity index (χ0) is 17.3. The van der Waals surface area contributed by atoms with E-state index < -0.39 is 13.8 Å². The minimum Gasteiger partial charge on any atom is -0.462 e. The Morgan fingerprint density at radius 1 is 0.958 bits per heavy atom. The summed E-state index contributed by atoms with van der Waals surface area (Å²) in [4.78, 5) is 10.7. The van der Waals surface area contributed by atoms with Crippen LogP contribution in [0.4, 0.5) is 0 Å². The van der Waals surface area contributed by atoms with Crippen molar-refractivity contribution in [2.45, 2.75) is 6.92 Å². The number of esters is 1. The number of hydrogen-bond donors (Lipinski definition) is 0. The van der Waals surface area contributed by atoms with Crippen LogP contribution in [0.3, 0.4) is 0 Å². The van der Waals surface area contributed by atoms with Gasteiger partial charge in [-0.05, 0) is 30.3 Å². The van der Waals surface area contributed by atoms with Crippen LogP contribution in [0.15, 0.2) is 73.0 Å². The topological polar surface area (TPSA) is 71.1 Å². The molecule has 0 heterocycles. The highest BCUT2D eigenvalue weighted by molar-refractivity contribution is 7.49. The lowest BCUT2D eigenvalue weighted by Gasteiger charge is -2.17. The van der Waals surface area contributed by atoms with Crippen LogP contribution in [0, 0.1) is 0 Å². The van der Waals surface area contributed by atoms with Crippen LogP contribution in [0.25, 0.3) is 0 Å². The average Bonchev–Trinajstić information content (AvgIpc) is 2.56. The van der Waals surface area contributed by atoms with Crippen LogP contribution in [0.1, 0.15) is 6.92 Å². The largest absolute Gasteiger partial charge is 0.646 e. The number of phosphoric ester groups is 1. The molecule has 0 bridgehead atoms. The first kappa shape index (κ1) is 17.6.